The molecule has 0 saturated carbocycles. The van der Waals surface area contributed by atoms with E-state index in [-0.39, 0.29) is 49.0 Å². The molecule has 2 saturated heterocycles. The molecule has 0 aliphatic carbocycles. The Morgan fingerprint density at radius 1 is 1.05 bits per heavy atom. The van der Waals surface area contributed by atoms with Gasteiger partial charge in [0, 0.05) is 25.9 Å². The summed E-state index contributed by atoms with van der Waals surface area (Å²) in [7, 11) is -2.38. The first-order valence-electron chi connectivity index (χ1n) is 14.5. The van der Waals surface area contributed by atoms with Crippen LogP contribution in [-0.4, -0.2) is 101 Å². The summed E-state index contributed by atoms with van der Waals surface area (Å²) in [6.45, 7) is 4.94. The van der Waals surface area contributed by atoms with Crippen molar-refractivity contribution in [1.29, 1.82) is 0 Å². The molecular weight excluding hydrogens is 578 g/mol. The smallest absolute Gasteiger partial charge is 0.407 e. The monoisotopic (exact) mass is 621 g/mol. The van der Waals surface area contributed by atoms with E-state index >= 15 is 0 Å². The number of sulfonamides is 1. The van der Waals surface area contributed by atoms with Crippen LogP contribution in [0, 0.1) is 11.8 Å². The van der Waals surface area contributed by atoms with Crippen LogP contribution in [0.15, 0.2) is 59.5 Å². The van der Waals surface area contributed by atoms with Crippen LogP contribution >= 0.6 is 0 Å². The number of nitrogens with zero attached hydrogens (tertiary/aromatic N) is 1. The van der Waals surface area contributed by atoms with Crippen LogP contribution < -0.4 is 11.1 Å². The van der Waals surface area contributed by atoms with Crippen LogP contribution in [0.4, 0.5) is 10.5 Å². The molecule has 2 fully saturated rings. The molecule has 2 aromatic carbocycles. The van der Waals surface area contributed by atoms with Crippen molar-refractivity contribution in [3.63, 3.8) is 0 Å². The van der Waals surface area contributed by atoms with Crippen molar-refractivity contribution in [2.75, 3.05) is 52.4 Å². The van der Waals surface area contributed by atoms with Crippen LogP contribution in [0.3, 0.4) is 0 Å². The molecule has 238 valence electrons. The topological polar surface area (TPSA) is 159 Å². The highest BCUT2D eigenvalue weighted by atomic mass is 32.2. The summed E-state index contributed by atoms with van der Waals surface area (Å²) in [5.41, 5.74) is 7.05. The number of carbonyl (C=O) groups excluding carboxylic acids is 1. The van der Waals surface area contributed by atoms with Gasteiger partial charge in [0.2, 0.25) is 10.0 Å². The molecule has 1 amide bonds. The van der Waals surface area contributed by atoms with Crippen molar-refractivity contribution in [2.24, 2.45) is 11.8 Å². The number of rotatable bonds is 15. The van der Waals surface area contributed by atoms with Gasteiger partial charge >= 0.3 is 6.09 Å². The van der Waals surface area contributed by atoms with Gasteiger partial charge in [0.05, 0.1) is 55.5 Å². The molecule has 0 spiro atoms. The van der Waals surface area contributed by atoms with E-state index in [2.05, 4.69) is 5.32 Å². The number of amides is 1. The van der Waals surface area contributed by atoms with Gasteiger partial charge in [0.25, 0.3) is 0 Å². The number of nitrogen functional groups attached to an aromatic ring is 1. The lowest BCUT2D eigenvalue weighted by Gasteiger charge is -2.31. The molecule has 12 nitrogen and oxygen atoms in total. The van der Waals surface area contributed by atoms with Gasteiger partial charge in [-0.25, -0.2) is 13.2 Å². The summed E-state index contributed by atoms with van der Waals surface area (Å²) in [6.07, 6.45) is -3.27. The highest BCUT2D eigenvalue weighted by Gasteiger charge is 2.50. The summed E-state index contributed by atoms with van der Waals surface area (Å²) in [5, 5.41) is 14.2. The fourth-order valence-corrected chi connectivity index (χ4v) is 6.91. The highest BCUT2D eigenvalue weighted by molar-refractivity contribution is 7.89. The summed E-state index contributed by atoms with van der Waals surface area (Å²) in [5.74, 6) is -0.337. The zero-order valence-corrected chi connectivity index (χ0v) is 25.6. The van der Waals surface area contributed by atoms with Gasteiger partial charge in [0.15, 0.2) is 6.29 Å². The van der Waals surface area contributed by atoms with Crippen molar-refractivity contribution in [3.8, 4) is 0 Å². The van der Waals surface area contributed by atoms with Gasteiger partial charge in [-0.15, -0.1) is 0 Å². The number of aliphatic hydroxyl groups excluding tert-OH is 1. The second kappa shape index (κ2) is 15.3. The van der Waals surface area contributed by atoms with E-state index < -0.39 is 40.7 Å². The number of nitrogens with two attached hydrogens (primary N) is 1. The predicted molar refractivity (Wildman–Crippen MR) is 159 cm³/mol. The zero-order chi connectivity index (χ0) is 31.0. The van der Waals surface area contributed by atoms with Crippen molar-refractivity contribution >= 4 is 21.8 Å². The second-order valence-electron chi connectivity index (χ2n) is 11.3. The van der Waals surface area contributed by atoms with E-state index in [0.29, 0.717) is 25.5 Å². The average Bonchev–Trinajstić information content (AvgIpc) is 3.56. The maximum absolute atomic E-state index is 13.6. The number of aliphatic hydroxyl groups is 1. The third-order valence-electron chi connectivity index (χ3n) is 7.44. The van der Waals surface area contributed by atoms with E-state index in [4.69, 9.17) is 29.4 Å². The molecule has 2 aliphatic rings. The number of fused-ring (bicyclic) bond motifs is 1. The quantitative estimate of drug-likeness (QED) is 0.198. The summed E-state index contributed by atoms with van der Waals surface area (Å²) in [4.78, 5) is 13.3. The Morgan fingerprint density at radius 3 is 2.37 bits per heavy atom. The third-order valence-corrected chi connectivity index (χ3v) is 9.29. The minimum Gasteiger partial charge on any atom is -0.443 e. The normalized spacial score (nSPS) is 23.3. The number of ether oxygens (including phenoxy) is 5. The van der Waals surface area contributed by atoms with Crippen LogP contribution in [-0.2, 0) is 40.1 Å². The number of alkyl carbamates (subject to hydrolysis) is 1. The molecule has 0 bridgehead atoms. The largest absolute Gasteiger partial charge is 0.443 e. The van der Waals surface area contributed by atoms with Gasteiger partial charge in [-0.1, -0.05) is 44.2 Å². The number of nitrogens with one attached hydrogen (secondary N) is 1. The third kappa shape index (κ3) is 8.88. The average molecular weight is 622 g/mol. The number of anilines is 1. The Kier molecular flexibility index (Phi) is 11.8. The molecule has 0 unspecified atom stereocenters. The summed E-state index contributed by atoms with van der Waals surface area (Å²) < 4.78 is 56.5. The molecule has 13 heteroatoms. The fraction of sp³-hybridized carbons (Fsp3) is 0.567. The molecule has 0 radical (unpaired) electrons. The molecule has 4 rings (SSSR count). The second-order valence-corrected chi connectivity index (χ2v) is 13.2. The van der Waals surface area contributed by atoms with Crippen LogP contribution in [0.25, 0.3) is 0 Å². The van der Waals surface area contributed by atoms with E-state index in [9.17, 15) is 18.3 Å². The minimum absolute atomic E-state index is 0.0238. The molecule has 43 heavy (non-hydrogen) atoms. The van der Waals surface area contributed by atoms with Crippen molar-refractivity contribution in [2.45, 2.75) is 55.8 Å². The van der Waals surface area contributed by atoms with Gasteiger partial charge in [-0.05, 0) is 42.2 Å². The van der Waals surface area contributed by atoms with E-state index in [0.717, 1.165) is 5.56 Å². The molecule has 0 aromatic heterocycles. The number of benzene rings is 2. The van der Waals surface area contributed by atoms with Crippen LogP contribution in [0.2, 0.25) is 0 Å². The Balaban J connectivity index is 1.48. The van der Waals surface area contributed by atoms with Gasteiger partial charge in [0.1, 0.15) is 6.10 Å². The zero-order valence-electron chi connectivity index (χ0n) is 24.8. The number of hydrogen-bond donors (Lipinski definition) is 3. The Labute approximate surface area is 253 Å². The van der Waals surface area contributed by atoms with Crippen LogP contribution in [0.1, 0.15) is 19.4 Å². The first kappa shape index (κ1) is 33.1. The molecular formula is C30H43N3O9S. The van der Waals surface area contributed by atoms with E-state index in [1.807, 2.05) is 44.2 Å². The molecule has 2 aliphatic heterocycles. The Morgan fingerprint density at radius 2 is 1.72 bits per heavy atom. The highest BCUT2D eigenvalue weighted by Crippen LogP contribution is 2.35. The maximum Gasteiger partial charge on any atom is 0.407 e. The number of methoxy groups -OCH3 is 1. The Hall–Kier alpha value is -2.78. The van der Waals surface area contributed by atoms with Crippen molar-refractivity contribution < 1.29 is 42.0 Å². The predicted octanol–water partition coefficient (Wildman–Crippen LogP) is 2.02. The van der Waals surface area contributed by atoms with Gasteiger partial charge in [-0.3, -0.25) is 0 Å². The van der Waals surface area contributed by atoms with Gasteiger partial charge < -0.3 is 39.8 Å². The summed E-state index contributed by atoms with van der Waals surface area (Å²) >= 11 is 0. The lowest BCUT2D eigenvalue weighted by atomic mass is 10.00. The molecule has 4 N–H and O–H groups in total. The first-order valence-corrected chi connectivity index (χ1v) is 15.9. The summed E-state index contributed by atoms with van der Waals surface area (Å²) in [6, 6.07) is 14.4. The molecule has 2 aromatic rings. The Bertz CT molecular complexity index is 1260. The van der Waals surface area contributed by atoms with Crippen LogP contribution in [0.5, 0.6) is 0 Å². The van der Waals surface area contributed by atoms with Gasteiger partial charge in [-0.2, -0.15) is 4.31 Å². The minimum atomic E-state index is -3.97. The lowest BCUT2D eigenvalue weighted by molar-refractivity contribution is -0.0916. The fourth-order valence-electron chi connectivity index (χ4n) is 5.29. The first-order chi connectivity index (χ1) is 20.6. The number of carbonyl (C=O) groups is 1. The molecule has 2 heterocycles. The van der Waals surface area contributed by atoms with Crippen molar-refractivity contribution in [3.05, 3.63) is 60.2 Å². The maximum atomic E-state index is 13.6. The lowest BCUT2D eigenvalue weighted by Crippen LogP contribution is -2.52. The number of hydrogen-bond acceptors (Lipinski definition) is 10. The van der Waals surface area contributed by atoms with E-state index in [1.54, 1.807) is 7.11 Å². The SMILES string of the molecule is COCCO[C@H]1CO[C@@H]2OC[C@H](OC(=O)N[C@@H](Cc3ccccc3)[C@H](O)CN(CC(C)C)S(=O)(=O)c3ccc(N)cc3)[C@@H]21. The molecule has 6 atom stereocenters. The van der Waals surface area contributed by atoms with Crippen molar-refractivity contribution in [1.82, 2.24) is 9.62 Å². The standard InChI is InChI=1S/C30H43N3O9S/c1-20(2)16-33(43(36,37)23-11-9-22(31)10-12-23)17-25(34)24(15-21-7-5-4-6-8-21)32-30(35)42-27-19-41-29-28(27)26(18-40-29)39-14-13-38-3/h4-12,20,24-29,34H,13-19,31H2,1-3H3,(H,32,35)/t24-,25+,26-,27-,28-,29+/m0/s1. The van der Waals surface area contributed by atoms with E-state index in [1.165, 1.54) is 28.6 Å².